The Hall–Kier alpha value is -2.34. The molecule has 2 amide bonds. The average molecular weight is 375 g/mol. The number of hydrogen-bond donors (Lipinski definition) is 2. The summed E-state index contributed by atoms with van der Waals surface area (Å²) in [5.74, 6) is -0.349. The van der Waals surface area contributed by atoms with Gasteiger partial charge in [0.15, 0.2) is 0 Å². The highest BCUT2D eigenvalue weighted by atomic mass is 79.9. The summed E-state index contributed by atoms with van der Waals surface area (Å²) in [5, 5.41) is 12.6. The van der Waals surface area contributed by atoms with Crippen LogP contribution in [0.4, 0.5) is 11.4 Å². The van der Waals surface area contributed by atoms with Crippen molar-refractivity contribution in [1.82, 2.24) is 0 Å². The van der Waals surface area contributed by atoms with E-state index in [4.69, 9.17) is 0 Å². The van der Waals surface area contributed by atoms with Gasteiger partial charge in [0.2, 0.25) is 5.91 Å². The minimum atomic E-state index is -0.389. The lowest BCUT2D eigenvalue weighted by molar-refractivity contribution is -0.117. The maximum absolute atomic E-state index is 12.2. The molecule has 1 heterocycles. The van der Waals surface area contributed by atoms with E-state index in [1.807, 2.05) is 0 Å². The van der Waals surface area contributed by atoms with Gasteiger partial charge in [0.25, 0.3) is 5.91 Å². The van der Waals surface area contributed by atoms with E-state index >= 15 is 0 Å². The van der Waals surface area contributed by atoms with Crippen molar-refractivity contribution in [2.75, 3.05) is 16.8 Å². The molecule has 0 radical (unpaired) electrons. The molecule has 2 aromatic rings. The first-order valence-electron chi connectivity index (χ1n) is 7.25. The van der Waals surface area contributed by atoms with E-state index in [2.05, 4.69) is 21.2 Å². The summed E-state index contributed by atoms with van der Waals surface area (Å²) in [6.07, 6.45) is 1.46. The van der Waals surface area contributed by atoms with Gasteiger partial charge < -0.3 is 15.3 Å². The second-order valence-electron chi connectivity index (χ2n) is 5.31. The van der Waals surface area contributed by atoms with Crippen LogP contribution in [0.5, 0.6) is 5.75 Å². The highest BCUT2D eigenvalue weighted by Gasteiger charge is 2.21. The zero-order valence-electron chi connectivity index (χ0n) is 12.3. The third-order valence-electron chi connectivity index (χ3n) is 3.71. The highest BCUT2D eigenvalue weighted by molar-refractivity contribution is 9.10. The molecule has 6 heteroatoms. The first kappa shape index (κ1) is 15.6. The van der Waals surface area contributed by atoms with Crippen molar-refractivity contribution >= 4 is 39.1 Å². The molecule has 3 rings (SSSR count). The second-order valence-corrected chi connectivity index (χ2v) is 6.23. The number of phenols is 1. The van der Waals surface area contributed by atoms with Gasteiger partial charge in [0.05, 0.1) is 5.56 Å². The number of hydrogen-bond acceptors (Lipinski definition) is 3. The molecule has 0 atom stereocenters. The third kappa shape index (κ3) is 3.37. The Morgan fingerprint density at radius 1 is 1.17 bits per heavy atom. The molecule has 0 saturated carbocycles. The number of halogens is 1. The van der Waals surface area contributed by atoms with Crippen LogP contribution in [-0.2, 0) is 4.79 Å². The van der Waals surface area contributed by atoms with Crippen molar-refractivity contribution in [3.63, 3.8) is 0 Å². The van der Waals surface area contributed by atoms with Crippen molar-refractivity contribution in [1.29, 1.82) is 0 Å². The molecule has 118 valence electrons. The molecule has 0 unspecified atom stereocenters. The van der Waals surface area contributed by atoms with Crippen LogP contribution in [0.25, 0.3) is 0 Å². The van der Waals surface area contributed by atoms with E-state index in [1.165, 1.54) is 6.07 Å². The molecule has 1 aliphatic heterocycles. The lowest BCUT2D eigenvalue weighted by Gasteiger charge is -2.16. The van der Waals surface area contributed by atoms with E-state index in [0.29, 0.717) is 16.6 Å². The maximum atomic E-state index is 12.2. The summed E-state index contributed by atoms with van der Waals surface area (Å²) in [4.78, 5) is 25.6. The van der Waals surface area contributed by atoms with E-state index in [1.54, 1.807) is 41.3 Å². The van der Waals surface area contributed by atoms with Crippen molar-refractivity contribution in [3.05, 3.63) is 52.5 Å². The topological polar surface area (TPSA) is 69.6 Å². The average Bonchev–Trinajstić information content (AvgIpc) is 2.94. The van der Waals surface area contributed by atoms with Gasteiger partial charge >= 0.3 is 0 Å². The molecule has 23 heavy (non-hydrogen) atoms. The van der Waals surface area contributed by atoms with Crippen LogP contribution in [0.1, 0.15) is 23.2 Å². The lowest BCUT2D eigenvalue weighted by atomic mass is 10.2. The largest absolute Gasteiger partial charge is 0.507 e. The maximum Gasteiger partial charge on any atom is 0.259 e. The van der Waals surface area contributed by atoms with Gasteiger partial charge in [-0.2, -0.15) is 0 Å². The third-order valence-corrected chi connectivity index (χ3v) is 4.21. The van der Waals surface area contributed by atoms with Crippen LogP contribution in [-0.4, -0.2) is 23.5 Å². The van der Waals surface area contributed by atoms with Crippen molar-refractivity contribution < 1.29 is 14.7 Å². The Kier molecular flexibility index (Phi) is 4.34. The standard InChI is InChI=1S/C17H15BrN2O3/c18-11-3-8-14(15(21)10-11)17(23)19-12-4-6-13(7-5-12)20-9-1-2-16(20)22/h3-8,10,21H,1-2,9H2,(H,19,23). The van der Waals surface area contributed by atoms with Gasteiger partial charge in [-0.3, -0.25) is 9.59 Å². The number of phenolic OH excluding ortho intramolecular Hbond substituents is 1. The molecule has 5 nitrogen and oxygen atoms in total. The lowest BCUT2D eigenvalue weighted by Crippen LogP contribution is -2.23. The van der Waals surface area contributed by atoms with E-state index < -0.39 is 0 Å². The zero-order chi connectivity index (χ0) is 16.4. The zero-order valence-corrected chi connectivity index (χ0v) is 13.8. The van der Waals surface area contributed by atoms with Crippen molar-refractivity contribution in [2.24, 2.45) is 0 Å². The molecule has 2 aromatic carbocycles. The molecule has 0 spiro atoms. The quantitative estimate of drug-likeness (QED) is 0.862. The smallest absolute Gasteiger partial charge is 0.259 e. The minimum absolute atomic E-state index is 0.0869. The summed E-state index contributed by atoms with van der Waals surface area (Å²) < 4.78 is 0.700. The number of carbonyl (C=O) groups excluding carboxylic acids is 2. The van der Waals surface area contributed by atoms with Crippen LogP contribution in [0.3, 0.4) is 0 Å². The number of nitrogens with one attached hydrogen (secondary N) is 1. The molecule has 0 aromatic heterocycles. The molecule has 2 N–H and O–H groups in total. The number of anilines is 2. The Labute approximate surface area is 142 Å². The van der Waals surface area contributed by atoms with Gasteiger partial charge in [-0.1, -0.05) is 15.9 Å². The van der Waals surface area contributed by atoms with Crippen LogP contribution in [0.2, 0.25) is 0 Å². The number of rotatable bonds is 3. The predicted molar refractivity (Wildman–Crippen MR) is 91.8 cm³/mol. The Morgan fingerprint density at radius 3 is 2.52 bits per heavy atom. The van der Waals surface area contributed by atoms with Crippen molar-refractivity contribution in [3.8, 4) is 5.75 Å². The molecule has 1 aliphatic rings. The van der Waals surface area contributed by atoms with Gasteiger partial charge in [0, 0.05) is 28.8 Å². The van der Waals surface area contributed by atoms with Gasteiger partial charge in [0.1, 0.15) is 5.75 Å². The monoisotopic (exact) mass is 374 g/mol. The number of aromatic hydroxyl groups is 1. The number of benzene rings is 2. The number of amides is 2. The van der Waals surface area contributed by atoms with Crippen LogP contribution in [0.15, 0.2) is 46.9 Å². The SMILES string of the molecule is O=C(Nc1ccc(N2CCCC2=O)cc1)c1ccc(Br)cc1O. The molecule has 1 saturated heterocycles. The Balaban J connectivity index is 1.73. The minimum Gasteiger partial charge on any atom is -0.507 e. The normalized spacial score (nSPS) is 14.1. The summed E-state index contributed by atoms with van der Waals surface area (Å²) in [7, 11) is 0. The fourth-order valence-electron chi connectivity index (χ4n) is 2.54. The summed E-state index contributed by atoms with van der Waals surface area (Å²) >= 11 is 3.23. The highest BCUT2D eigenvalue weighted by Crippen LogP contribution is 2.25. The van der Waals surface area contributed by atoms with E-state index in [-0.39, 0.29) is 23.1 Å². The molecule has 1 fully saturated rings. The summed E-state index contributed by atoms with van der Waals surface area (Å²) in [6.45, 7) is 0.733. The van der Waals surface area contributed by atoms with E-state index in [9.17, 15) is 14.7 Å². The molecule has 0 aliphatic carbocycles. The fraction of sp³-hybridized carbons (Fsp3) is 0.176. The van der Waals surface area contributed by atoms with Crippen LogP contribution >= 0.6 is 15.9 Å². The molecular formula is C17H15BrN2O3. The fourth-order valence-corrected chi connectivity index (χ4v) is 2.89. The van der Waals surface area contributed by atoms with E-state index in [0.717, 1.165) is 18.7 Å². The first-order chi connectivity index (χ1) is 11.0. The molecular weight excluding hydrogens is 360 g/mol. The van der Waals surface area contributed by atoms with Crippen LogP contribution < -0.4 is 10.2 Å². The predicted octanol–water partition coefficient (Wildman–Crippen LogP) is 3.53. The number of nitrogens with zero attached hydrogens (tertiary/aromatic N) is 1. The second kappa shape index (κ2) is 6.42. The number of carbonyl (C=O) groups is 2. The summed E-state index contributed by atoms with van der Waals surface area (Å²) in [5.41, 5.74) is 1.64. The van der Waals surface area contributed by atoms with Gasteiger partial charge in [-0.05, 0) is 48.9 Å². The first-order valence-corrected chi connectivity index (χ1v) is 8.04. The van der Waals surface area contributed by atoms with Gasteiger partial charge in [-0.25, -0.2) is 0 Å². The van der Waals surface area contributed by atoms with Crippen LogP contribution in [0, 0.1) is 0 Å². The summed E-state index contributed by atoms with van der Waals surface area (Å²) in [6, 6.07) is 11.8. The van der Waals surface area contributed by atoms with Crippen molar-refractivity contribution in [2.45, 2.75) is 12.8 Å². The Bertz CT molecular complexity index is 759. The Morgan fingerprint density at radius 2 is 1.91 bits per heavy atom. The van der Waals surface area contributed by atoms with Gasteiger partial charge in [-0.15, -0.1) is 0 Å². The molecule has 0 bridgehead atoms.